The number of hydrogen-bond donors (Lipinski definition) is 1. The Morgan fingerprint density at radius 3 is 2.52 bits per heavy atom. The first-order chi connectivity index (χ1) is 11.0. The molecule has 1 amide bonds. The second kappa shape index (κ2) is 7.63. The second-order valence-corrected chi connectivity index (χ2v) is 5.04. The van der Waals surface area contributed by atoms with Crippen LogP contribution in [0, 0.1) is 5.82 Å². The normalized spacial score (nSPS) is 11.7. The molecule has 5 heteroatoms. The van der Waals surface area contributed by atoms with Crippen LogP contribution in [-0.4, -0.2) is 19.6 Å². The zero-order valence-electron chi connectivity index (χ0n) is 13.4. The largest absolute Gasteiger partial charge is 0.496 e. The third kappa shape index (κ3) is 4.22. The summed E-state index contributed by atoms with van der Waals surface area (Å²) in [6.07, 6.45) is 0. The van der Waals surface area contributed by atoms with E-state index >= 15 is 0 Å². The van der Waals surface area contributed by atoms with Gasteiger partial charge >= 0.3 is 0 Å². The number of ether oxygens (including phenoxy) is 2. The van der Waals surface area contributed by atoms with Crippen molar-refractivity contribution in [3.8, 4) is 11.5 Å². The Labute approximate surface area is 135 Å². The molecule has 1 N–H and O–H groups in total. The van der Waals surface area contributed by atoms with Crippen LogP contribution in [-0.2, 0) is 0 Å². The van der Waals surface area contributed by atoms with E-state index in [2.05, 4.69) is 5.32 Å². The summed E-state index contributed by atoms with van der Waals surface area (Å²) in [4.78, 5) is 12.3. The van der Waals surface area contributed by atoms with E-state index in [0.29, 0.717) is 12.4 Å². The molecular weight excluding hydrogens is 297 g/mol. The molecule has 0 bridgehead atoms. The number of methoxy groups -OCH3 is 1. The van der Waals surface area contributed by atoms with Crippen molar-refractivity contribution >= 4 is 5.91 Å². The van der Waals surface area contributed by atoms with E-state index in [9.17, 15) is 9.18 Å². The third-order valence-electron chi connectivity index (χ3n) is 3.44. The van der Waals surface area contributed by atoms with E-state index in [1.165, 1.54) is 25.3 Å². The monoisotopic (exact) mass is 317 g/mol. The van der Waals surface area contributed by atoms with E-state index < -0.39 is 5.82 Å². The molecule has 2 rings (SSSR count). The van der Waals surface area contributed by atoms with E-state index in [0.717, 1.165) is 11.3 Å². The molecule has 0 aliphatic rings. The zero-order valence-corrected chi connectivity index (χ0v) is 13.4. The lowest BCUT2D eigenvalue weighted by atomic mass is 10.1. The van der Waals surface area contributed by atoms with Gasteiger partial charge in [-0.1, -0.05) is 12.1 Å². The predicted molar refractivity (Wildman–Crippen MR) is 86.4 cm³/mol. The Balaban J connectivity index is 2.11. The van der Waals surface area contributed by atoms with Crippen molar-refractivity contribution in [2.24, 2.45) is 0 Å². The van der Waals surface area contributed by atoms with Crippen LogP contribution in [0.25, 0.3) is 0 Å². The summed E-state index contributed by atoms with van der Waals surface area (Å²) in [6.45, 7) is 4.38. The summed E-state index contributed by atoms with van der Waals surface area (Å²) in [7, 11) is 1.44. The van der Waals surface area contributed by atoms with Crippen LogP contribution in [0.2, 0.25) is 0 Å². The summed E-state index contributed by atoms with van der Waals surface area (Å²) in [6, 6.07) is 11.1. The maximum atomic E-state index is 13.4. The van der Waals surface area contributed by atoms with Gasteiger partial charge in [0.05, 0.1) is 25.3 Å². The number of amides is 1. The van der Waals surface area contributed by atoms with Crippen molar-refractivity contribution in [1.29, 1.82) is 0 Å². The molecule has 0 saturated carbocycles. The molecule has 0 spiro atoms. The van der Waals surface area contributed by atoms with Gasteiger partial charge in [0, 0.05) is 0 Å². The highest BCUT2D eigenvalue weighted by atomic mass is 19.1. The van der Waals surface area contributed by atoms with E-state index in [-0.39, 0.29) is 17.5 Å². The highest BCUT2D eigenvalue weighted by Crippen LogP contribution is 2.22. The highest BCUT2D eigenvalue weighted by Gasteiger charge is 2.16. The van der Waals surface area contributed by atoms with Gasteiger partial charge in [-0.25, -0.2) is 4.39 Å². The van der Waals surface area contributed by atoms with Gasteiger partial charge in [-0.15, -0.1) is 0 Å². The zero-order chi connectivity index (χ0) is 16.8. The van der Waals surface area contributed by atoms with Crippen LogP contribution in [0.1, 0.15) is 35.8 Å². The summed E-state index contributed by atoms with van der Waals surface area (Å²) >= 11 is 0. The van der Waals surface area contributed by atoms with Gasteiger partial charge < -0.3 is 14.8 Å². The minimum atomic E-state index is -0.482. The van der Waals surface area contributed by atoms with Crippen molar-refractivity contribution in [3.05, 3.63) is 59.4 Å². The van der Waals surface area contributed by atoms with Gasteiger partial charge in [-0.05, 0) is 49.7 Å². The Morgan fingerprint density at radius 1 is 1.22 bits per heavy atom. The topological polar surface area (TPSA) is 47.6 Å². The molecule has 0 radical (unpaired) electrons. The number of carbonyl (C=O) groups excluding carboxylic acids is 1. The molecule has 23 heavy (non-hydrogen) atoms. The molecule has 0 aliphatic heterocycles. The summed E-state index contributed by atoms with van der Waals surface area (Å²) in [5, 5.41) is 2.84. The lowest BCUT2D eigenvalue weighted by molar-refractivity contribution is 0.0936. The molecule has 4 nitrogen and oxygen atoms in total. The lowest BCUT2D eigenvalue weighted by Gasteiger charge is -2.16. The molecule has 2 aromatic rings. The van der Waals surface area contributed by atoms with Gasteiger partial charge in [0.25, 0.3) is 5.91 Å². The molecule has 122 valence electrons. The van der Waals surface area contributed by atoms with Gasteiger partial charge in [0.1, 0.15) is 17.3 Å². The summed E-state index contributed by atoms with van der Waals surface area (Å²) in [5.41, 5.74) is 1.10. The minimum Gasteiger partial charge on any atom is -0.496 e. The Kier molecular flexibility index (Phi) is 5.57. The van der Waals surface area contributed by atoms with Crippen LogP contribution in [0.5, 0.6) is 11.5 Å². The van der Waals surface area contributed by atoms with Crippen molar-refractivity contribution in [3.63, 3.8) is 0 Å². The number of halogens is 1. The molecule has 1 unspecified atom stereocenters. The van der Waals surface area contributed by atoms with Gasteiger partial charge in [0.15, 0.2) is 0 Å². The second-order valence-electron chi connectivity index (χ2n) is 5.04. The highest BCUT2D eigenvalue weighted by molar-refractivity contribution is 5.97. The van der Waals surface area contributed by atoms with Crippen LogP contribution in [0.15, 0.2) is 42.5 Å². The maximum Gasteiger partial charge on any atom is 0.255 e. The van der Waals surface area contributed by atoms with Crippen molar-refractivity contribution in [2.45, 2.75) is 19.9 Å². The van der Waals surface area contributed by atoms with E-state index in [4.69, 9.17) is 9.47 Å². The average Bonchev–Trinajstić information content (AvgIpc) is 2.55. The van der Waals surface area contributed by atoms with Gasteiger partial charge in [-0.2, -0.15) is 0 Å². The molecule has 0 fully saturated rings. The Bertz CT molecular complexity index is 670. The molecule has 0 aromatic heterocycles. The smallest absolute Gasteiger partial charge is 0.255 e. The van der Waals surface area contributed by atoms with Crippen molar-refractivity contribution in [1.82, 2.24) is 5.32 Å². The van der Waals surface area contributed by atoms with E-state index in [1.807, 2.05) is 38.1 Å². The first kappa shape index (κ1) is 16.8. The van der Waals surface area contributed by atoms with Crippen LogP contribution < -0.4 is 14.8 Å². The SMILES string of the molecule is CCOc1ccc(C(C)NC(=O)c2cc(F)ccc2OC)cc1. The molecule has 2 aromatic carbocycles. The summed E-state index contributed by atoms with van der Waals surface area (Å²) < 4.78 is 23.9. The minimum absolute atomic E-state index is 0.172. The number of benzene rings is 2. The third-order valence-corrected chi connectivity index (χ3v) is 3.44. The first-order valence-electron chi connectivity index (χ1n) is 7.42. The fourth-order valence-corrected chi connectivity index (χ4v) is 2.23. The van der Waals surface area contributed by atoms with E-state index in [1.54, 1.807) is 0 Å². The standard InChI is InChI=1S/C18H20FNO3/c1-4-23-15-8-5-13(6-9-15)12(2)20-18(21)16-11-14(19)7-10-17(16)22-3/h5-12H,4H2,1-3H3,(H,20,21). The maximum absolute atomic E-state index is 13.4. The number of carbonyl (C=O) groups is 1. The van der Waals surface area contributed by atoms with Crippen LogP contribution in [0.4, 0.5) is 4.39 Å². The fourth-order valence-electron chi connectivity index (χ4n) is 2.23. The van der Waals surface area contributed by atoms with Crippen LogP contribution in [0.3, 0.4) is 0 Å². The molecule has 0 aliphatic carbocycles. The number of nitrogens with one attached hydrogen (secondary N) is 1. The molecule has 0 saturated heterocycles. The quantitative estimate of drug-likeness (QED) is 0.883. The predicted octanol–water partition coefficient (Wildman–Crippen LogP) is 3.72. The Morgan fingerprint density at radius 2 is 1.91 bits per heavy atom. The summed E-state index contributed by atoms with van der Waals surface area (Å²) in [5.74, 6) is 0.247. The van der Waals surface area contributed by atoms with Gasteiger partial charge in [0.2, 0.25) is 0 Å². The molecule has 0 heterocycles. The van der Waals surface area contributed by atoms with Crippen LogP contribution >= 0.6 is 0 Å². The number of rotatable bonds is 6. The molecule has 1 atom stereocenters. The Hall–Kier alpha value is -2.56. The number of hydrogen-bond acceptors (Lipinski definition) is 3. The van der Waals surface area contributed by atoms with Crippen molar-refractivity contribution in [2.75, 3.05) is 13.7 Å². The fraction of sp³-hybridized carbons (Fsp3) is 0.278. The van der Waals surface area contributed by atoms with Crippen molar-refractivity contribution < 1.29 is 18.7 Å². The lowest BCUT2D eigenvalue weighted by Crippen LogP contribution is -2.27. The van der Waals surface area contributed by atoms with Gasteiger partial charge in [-0.3, -0.25) is 4.79 Å². The average molecular weight is 317 g/mol. The molecular formula is C18H20FNO3. The first-order valence-corrected chi connectivity index (χ1v) is 7.42.